The minimum atomic E-state index is -0.0244. The Morgan fingerprint density at radius 3 is 3.00 bits per heavy atom. The second kappa shape index (κ2) is 6.81. The van der Waals surface area contributed by atoms with Crippen molar-refractivity contribution in [1.29, 1.82) is 0 Å². The summed E-state index contributed by atoms with van der Waals surface area (Å²) in [4.78, 5) is 12.3. The Balaban J connectivity index is 1.96. The van der Waals surface area contributed by atoms with E-state index in [1.165, 1.54) is 0 Å². The van der Waals surface area contributed by atoms with E-state index in [2.05, 4.69) is 5.32 Å². The van der Waals surface area contributed by atoms with E-state index in [4.69, 9.17) is 22.7 Å². The number of rotatable bonds is 5. The molecule has 1 atom stereocenters. The highest BCUT2D eigenvalue weighted by atomic mass is 32.1. The van der Waals surface area contributed by atoms with Crippen molar-refractivity contribution in [3.63, 3.8) is 0 Å². The SMILES string of the molecule is Cc1cccc(NC(=O)CCC2CCCO2)c1C(N)=S. The second-order valence-electron chi connectivity index (χ2n) is 5.08. The molecule has 4 nitrogen and oxygen atoms in total. The third-order valence-electron chi connectivity index (χ3n) is 3.51. The topological polar surface area (TPSA) is 64.3 Å². The third kappa shape index (κ3) is 3.77. The van der Waals surface area contributed by atoms with Crippen LogP contribution >= 0.6 is 12.2 Å². The number of anilines is 1. The van der Waals surface area contributed by atoms with E-state index >= 15 is 0 Å². The molecule has 0 aliphatic carbocycles. The molecule has 0 aromatic heterocycles. The van der Waals surface area contributed by atoms with Crippen molar-refractivity contribution >= 4 is 28.8 Å². The van der Waals surface area contributed by atoms with E-state index < -0.39 is 0 Å². The lowest BCUT2D eigenvalue weighted by Crippen LogP contribution is -2.19. The molecule has 1 fully saturated rings. The summed E-state index contributed by atoms with van der Waals surface area (Å²) in [5.41, 5.74) is 8.12. The Kier molecular flexibility index (Phi) is 5.09. The summed E-state index contributed by atoms with van der Waals surface area (Å²) in [5.74, 6) is -0.0244. The molecule has 1 saturated heterocycles. The van der Waals surface area contributed by atoms with Crippen molar-refractivity contribution in [2.24, 2.45) is 5.73 Å². The summed E-state index contributed by atoms with van der Waals surface area (Å²) < 4.78 is 5.51. The average molecular weight is 292 g/mol. The summed E-state index contributed by atoms with van der Waals surface area (Å²) in [6.07, 6.45) is 3.59. The molecule has 5 heteroatoms. The van der Waals surface area contributed by atoms with Gasteiger partial charge < -0.3 is 15.8 Å². The number of benzene rings is 1. The molecule has 1 aromatic rings. The highest BCUT2D eigenvalue weighted by Gasteiger charge is 2.17. The first-order valence-corrected chi connectivity index (χ1v) is 7.29. The van der Waals surface area contributed by atoms with Gasteiger partial charge in [0.25, 0.3) is 0 Å². The molecular formula is C15H20N2O2S. The van der Waals surface area contributed by atoms with E-state index in [1.54, 1.807) is 0 Å². The first-order chi connectivity index (χ1) is 9.58. The lowest BCUT2D eigenvalue weighted by atomic mass is 10.1. The lowest BCUT2D eigenvalue weighted by Gasteiger charge is -2.13. The van der Waals surface area contributed by atoms with E-state index in [0.717, 1.165) is 37.0 Å². The van der Waals surface area contributed by atoms with Crippen molar-refractivity contribution in [3.05, 3.63) is 29.3 Å². The van der Waals surface area contributed by atoms with Gasteiger partial charge in [-0.3, -0.25) is 4.79 Å². The van der Waals surface area contributed by atoms with Gasteiger partial charge in [0, 0.05) is 18.6 Å². The monoisotopic (exact) mass is 292 g/mol. The number of nitrogens with two attached hydrogens (primary N) is 1. The molecule has 1 aliphatic heterocycles. The molecule has 0 saturated carbocycles. The van der Waals surface area contributed by atoms with Crippen LogP contribution in [0.2, 0.25) is 0 Å². The molecule has 1 amide bonds. The zero-order valence-electron chi connectivity index (χ0n) is 11.6. The van der Waals surface area contributed by atoms with Gasteiger partial charge in [-0.1, -0.05) is 24.4 Å². The molecule has 20 heavy (non-hydrogen) atoms. The van der Waals surface area contributed by atoms with Crippen LogP contribution in [0.1, 0.15) is 36.8 Å². The molecule has 2 rings (SSSR count). The van der Waals surface area contributed by atoms with Gasteiger partial charge >= 0.3 is 0 Å². The van der Waals surface area contributed by atoms with Gasteiger partial charge in [0.05, 0.1) is 11.8 Å². The lowest BCUT2D eigenvalue weighted by molar-refractivity contribution is -0.116. The predicted molar refractivity (Wildman–Crippen MR) is 83.9 cm³/mol. The van der Waals surface area contributed by atoms with Crippen LogP contribution < -0.4 is 11.1 Å². The molecular weight excluding hydrogens is 272 g/mol. The Morgan fingerprint density at radius 1 is 1.55 bits per heavy atom. The summed E-state index contributed by atoms with van der Waals surface area (Å²) in [5, 5.41) is 2.89. The molecule has 0 spiro atoms. The van der Waals surface area contributed by atoms with Gasteiger partial charge in [-0.05, 0) is 37.8 Å². The van der Waals surface area contributed by atoms with E-state index in [-0.39, 0.29) is 12.0 Å². The second-order valence-corrected chi connectivity index (χ2v) is 5.52. The van der Waals surface area contributed by atoms with Crippen LogP contribution in [0.5, 0.6) is 0 Å². The fourth-order valence-corrected chi connectivity index (χ4v) is 2.75. The van der Waals surface area contributed by atoms with Crippen LogP contribution in [-0.4, -0.2) is 23.6 Å². The van der Waals surface area contributed by atoms with Crippen molar-refractivity contribution < 1.29 is 9.53 Å². The Morgan fingerprint density at radius 2 is 2.35 bits per heavy atom. The van der Waals surface area contributed by atoms with Crippen LogP contribution in [0.25, 0.3) is 0 Å². The number of hydrogen-bond acceptors (Lipinski definition) is 3. The number of thiocarbonyl (C=S) groups is 1. The molecule has 1 unspecified atom stereocenters. The van der Waals surface area contributed by atoms with Gasteiger partial charge in [-0.15, -0.1) is 0 Å². The smallest absolute Gasteiger partial charge is 0.224 e. The molecule has 0 bridgehead atoms. The normalized spacial score (nSPS) is 17.9. The quantitative estimate of drug-likeness (QED) is 0.819. The summed E-state index contributed by atoms with van der Waals surface area (Å²) in [7, 11) is 0. The number of nitrogens with one attached hydrogen (secondary N) is 1. The van der Waals surface area contributed by atoms with Crippen LogP contribution in [-0.2, 0) is 9.53 Å². The van der Waals surface area contributed by atoms with Crippen molar-refractivity contribution in [2.75, 3.05) is 11.9 Å². The van der Waals surface area contributed by atoms with E-state index in [1.807, 2.05) is 25.1 Å². The predicted octanol–water partition coefficient (Wildman–Crippen LogP) is 2.53. The maximum atomic E-state index is 12.0. The largest absolute Gasteiger partial charge is 0.389 e. The molecule has 1 aliphatic rings. The minimum Gasteiger partial charge on any atom is -0.389 e. The summed E-state index contributed by atoms with van der Waals surface area (Å²) in [6.45, 7) is 2.74. The first kappa shape index (κ1) is 14.9. The van der Waals surface area contributed by atoms with Crippen molar-refractivity contribution in [2.45, 2.75) is 38.7 Å². The molecule has 0 radical (unpaired) electrons. The van der Waals surface area contributed by atoms with Crippen LogP contribution in [0.15, 0.2) is 18.2 Å². The molecule has 108 valence electrons. The number of carbonyl (C=O) groups excluding carboxylic acids is 1. The number of aryl methyl sites for hydroxylation is 1. The fraction of sp³-hybridized carbons (Fsp3) is 0.467. The number of carbonyl (C=O) groups is 1. The van der Waals surface area contributed by atoms with E-state index in [9.17, 15) is 4.79 Å². The highest BCUT2D eigenvalue weighted by molar-refractivity contribution is 7.80. The Labute approximate surface area is 124 Å². The number of amides is 1. The molecule has 1 aromatic carbocycles. The van der Waals surface area contributed by atoms with E-state index in [0.29, 0.717) is 17.1 Å². The van der Waals surface area contributed by atoms with Crippen LogP contribution in [0.3, 0.4) is 0 Å². The maximum absolute atomic E-state index is 12.0. The highest BCUT2D eigenvalue weighted by Crippen LogP contribution is 2.21. The number of hydrogen-bond donors (Lipinski definition) is 2. The molecule has 1 heterocycles. The zero-order chi connectivity index (χ0) is 14.5. The van der Waals surface area contributed by atoms with Crippen LogP contribution in [0.4, 0.5) is 5.69 Å². The van der Waals surface area contributed by atoms with Crippen molar-refractivity contribution in [1.82, 2.24) is 0 Å². The minimum absolute atomic E-state index is 0.0244. The van der Waals surface area contributed by atoms with Crippen molar-refractivity contribution in [3.8, 4) is 0 Å². The van der Waals surface area contributed by atoms with Gasteiger partial charge in [0.1, 0.15) is 4.99 Å². The third-order valence-corrected chi connectivity index (χ3v) is 3.71. The number of ether oxygens (including phenoxy) is 1. The Bertz CT molecular complexity index is 511. The standard InChI is InChI=1S/C15H20N2O2S/c1-10-4-2-6-12(14(10)15(16)20)17-13(18)8-7-11-5-3-9-19-11/h2,4,6,11H,3,5,7-9H2,1H3,(H2,16,20)(H,17,18). The van der Waals surface area contributed by atoms with Crippen LogP contribution in [0, 0.1) is 6.92 Å². The summed E-state index contributed by atoms with van der Waals surface area (Å²) >= 11 is 5.05. The fourth-order valence-electron chi connectivity index (χ4n) is 2.48. The van der Waals surface area contributed by atoms with Gasteiger partial charge in [0.2, 0.25) is 5.91 Å². The maximum Gasteiger partial charge on any atom is 0.224 e. The Hall–Kier alpha value is -1.46. The average Bonchev–Trinajstić information content (AvgIpc) is 2.89. The zero-order valence-corrected chi connectivity index (χ0v) is 12.5. The molecule has 3 N–H and O–H groups in total. The first-order valence-electron chi connectivity index (χ1n) is 6.89. The summed E-state index contributed by atoms with van der Waals surface area (Å²) in [6, 6.07) is 5.63. The van der Waals surface area contributed by atoms with Gasteiger partial charge in [0.15, 0.2) is 0 Å². The van der Waals surface area contributed by atoms with Gasteiger partial charge in [-0.25, -0.2) is 0 Å². The van der Waals surface area contributed by atoms with Gasteiger partial charge in [-0.2, -0.15) is 0 Å².